The number of aromatic nitrogens is 1. The van der Waals surface area contributed by atoms with Gasteiger partial charge in [-0.05, 0) is 11.1 Å². The van der Waals surface area contributed by atoms with E-state index in [2.05, 4.69) is 9.72 Å². The van der Waals surface area contributed by atoms with Gasteiger partial charge in [-0.1, -0.05) is 0 Å². The van der Waals surface area contributed by atoms with Crippen LogP contribution in [0.3, 0.4) is 0 Å². The minimum atomic E-state index is -2.78. The van der Waals surface area contributed by atoms with E-state index in [1.165, 1.54) is 13.3 Å². The molecule has 0 aromatic carbocycles. The number of rotatable bonds is 4. The lowest BCUT2D eigenvalue weighted by molar-refractivity contribution is -0.139. The SMILES string of the molecule is COC(=O)Cc1cnc(N)c(C(F)F)c1CN. The molecule has 1 rings (SSSR count). The molecule has 0 bridgehead atoms. The maximum absolute atomic E-state index is 12.8. The predicted molar refractivity (Wildman–Crippen MR) is 57.2 cm³/mol. The quantitative estimate of drug-likeness (QED) is 0.765. The number of methoxy groups -OCH3 is 1. The fourth-order valence-electron chi connectivity index (χ4n) is 1.49. The Morgan fingerprint density at radius 2 is 2.24 bits per heavy atom. The minimum Gasteiger partial charge on any atom is -0.469 e. The van der Waals surface area contributed by atoms with Crippen LogP contribution in [0.1, 0.15) is 23.1 Å². The van der Waals surface area contributed by atoms with Gasteiger partial charge in [-0.2, -0.15) is 0 Å². The fourth-order valence-corrected chi connectivity index (χ4v) is 1.49. The number of esters is 1. The van der Waals surface area contributed by atoms with Gasteiger partial charge in [0.25, 0.3) is 6.43 Å². The molecule has 1 aromatic heterocycles. The van der Waals surface area contributed by atoms with Gasteiger partial charge in [-0.25, -0.2) is 13.8 Å². The van der Waals surface area contributed by atoms with E-state index in [9.17, 15) is 13.6 Å². The number of pyridine rings is 1. The van der Waals surface area contributed by atoms with E-state index in [1.54, 1.807) is 0 Å². The van der Waals surface area contributed by atoms with E-state index in [0.29, 0.717) is 5.56 Å². The third-order valence-electron chi connectivity index (χ3n) is 2.33. The van der Waals surface area contributed by atoms with Crippen molar-refractivity contribution in [3.05, 3.63) is 22.9 Å². The van der Waals surface area contributed by atoms with Crippen LogP contribution in [-0.4, -0.2) is 18.1 Å². The lowest BCUT2D eigenvalue weighted by atomic mass is 10.0. The normalized spacial score (nSPS) is 10.6. The summed E-state index contributed by atoms with van der Waals surface area (Å²) in [6.07, 6.45) is -1.67. The molecule has 7 heteroatoms. The summed E-state index contributed by atoms with van der Waals surface area (Å²) < 4.78 is 30.0. The van der Waals surface area contributed by atoms with E-state index >= 15 is 0 Å². The fraction of sp³-hybridized carbons (Fsp3) is 0.400. The van der Waals surface area contributed by atoms with E-state index in [4.69, 9.17) is 11.5 Å². The first kappa shape index (κ1) is 13.3. The van der Waals surface area contributed by atoms with Gasteiger partial charge in [0.1, 0.15) is 5.82 Å². The second kappa shape index (κ2) is 5.53. The molecule has 94 valence electrons. The van der Waals surface area contributed by atoms with Crippen molar-refractivity contribution in [3.8, 4) is 0 Å². The van der Waals surface area contributed by atoms with Crippen molar-refractivity contribution >= 4 is 11.8 Å². The second-order valence-corrected chi connectivity index (χ2v) is 3.32. The van der Waals surface area contributed by atoms with E-state index in [-0.39, 0.29) is 24.3 Å². The molecule has 0 unspecified atom stereocenters. The predicted octanol–water partition coefficient (Wildman–Crippen LogP) is 0.776. The summed E-state index contributed by atoms with van der Waals surface area (Å²) >= 11 is 0. The Morgan fingerprint density at radius 1 is 1.59 bits per heavy atom. The number of halogens is 2. The van der Waals surface area contributed by atoms with Crippen molar-refractivity contribution in [2.45, 2.75) is 19.4 Å². The molecular weight excluding hydrogens is 232 g/mol. The lowest BCUT2D eigenvalue weighted by Gasteiger charge is -2.13. The van der Waals surface area contributed by atoms with Crippen LogP contribution in [0.5, 0.6) is 0 Å². The van der Waals surface area contributed by atoms with Crippen molar-refractivity contribution in [3.63, 3.8) is 0 Å². The summed E-state index contributed by atoms with van der Waals surface area (Å²) in [6, 6.07) is 0. The number of nitrogens with zero attached hydrogens (tertiary/aromatic N) is 1. The van der Waals surface area contributed by atoms with Gasteiger partial charge >= 0.3 is 5.97 Å². The molecule has 0 aliphatic heterocycles. The average Bonchev–Trinajstić information content (AvgIpc) is 2.30. The van der Waals surface area contributed by atoms with Crippen LogP contribution in [0.4, 0.5) is 14.6 Å². The molecule has 0 radical (unpaired) electrons. The molecule has 1 aromatic rings. The van der Waals surface area contributed by atoms with Crippen molar-refractivity contribution < 1.29 is 18.3 Å². The Balaban J connectivity index is 3.23. The summed E-state index contributed by atoms with van der Waals surface area (Å²) in [5.41, 5.74) is 10.8. The topological polar surface area (TPSA) is 91.2 Å². The Hall–Kier alpha value is -1.76. The monoisotopic (exact) mass is 245 g/mol. The van der Waals surface area contributed by atoms with Crippen LogP contribution in [0, 0.1) is 0 Å². The van der Waals surface area contributed by atoms with Crippen LogP contribution in [0.25, 0.3) is 0 Å². The van der Waals surface area contributed by atoms with E-state index in [1.807, 2.05) is 0 Å². The number of ether oxygens (including phenoxy) is 1. The largest absolute Gasteiger partial charge is 0.469 e. The van der Waals surface area contributed by atoms with E-state index in [0.717, 1.165) is 0 Å². The number of hydrogen-bond donors (Lipinski definition) is 2. The van der Waals surface area contributed by atoms with Crippen LogP contribution >= 0.6 is 0 Å². The number of carbonyl (C=O) groups excluding carboxylic acids is 1. The smallest absolute Gasteiger partial charge is 0.310 e. The highest BCUT2D eigenvalue weighted by Gasteiger charge is 2.21. The highest BCUT2D eigenvalue weighted by Crippen LogP contribution is 2.29. The first-order valence-electron chi connectivity index (χ1n) is 4.82. The van der Waals surface area contributed by atoms with Crippen LogP contribution in [0.2, 0.25) is 0 Å². The Kier molecular flexibility index (Phi) is 4.33. The van der Waals surface area contributed by atoms with Crippen LogP contribution in [-0.2, 0) is 22.5 Å². The lowest BCUT2D eigenvalue weighted by Crippen LogP contribution is -2.14. The number of alkyl halides is 2. The summed E-state index contributed by atoms with van der Waals surface area (Å²) in [5.74, 6) is -0.819. The maximum atomic E-state index is 12.8. The third kappa shape index (κ3) is 2.88. The molecule has 0 aliphatic rings. The number of hydrogen-bond acceptors (Lipinski definition) is 5. The van der Waals surface area contributed by atoms with Gasteiger partial charge in [0.05, 0.1) is 19.1 Å². The zero-order valence-corrected chi connectivity index (χ0v) is 9.24. The highest BCUT2D eigenvalue weighted by atomic mass is 19.3. The Labute approximate surface area is 96.8 Å². The molecule has 1 heterocycles. The van der Waals surface area contributed by atoms with Crippen molar-refractivity contribution in [2.75, 3.05) is 12.8 Å². The van der Waals surface area contributed by atoms with Gasteiger partial charge < -0.3 is 16.2 Å². The second-order valence-electron chi connectivity index (χ2n) is 3.32. The molecule has 0 amide bonds. The molecule has 5 nitrogen and oxygen atoms in total. The maximum Gasteiger partial charge on any atom is 0.310 e. The molecule has 0 atom stereocenters. The minimum absolute atomic E-state index is 0.140. The molecule has 0 saturated carbocycles. The van der Waals surface area contributed by atoms with Crippen molar-refractivity contribution in [1.82, 2.24) is 4.98 Å². The van der Waals surface area contributed by atoms with Gasteiger partial charge in [-0.15, -0.1) is 0 Å². The number of anilines is 1. The summed E-state index contributed by atoms with van der Waals surface area (Å²) in [6.45, 7) is -0.140. The zero-order chi connectivity index (χ0) is 13.0. The molecule has 0 spiro atoms. The zero-order valence-electron chi connectivity index (χ0n) is 9.24. The molecule has 0 saturated heterocycles. The molecule has 0 fully saturated rings. The summed E-state index contributed by atoms with van der Waals surface area (Å²) in [7, 11) is 1.21. The number of nitrogen functional groups attached to an aromatic ring is 1. The summed E-state index contributed by atoms with van der Waals surface area (Å²) in [4.78, 5) is 14.7. The first-order valence-corrected chi connectivity index (χ1v) is 4.82. The number of carbonyl (C=O) groups is 1. The Bertz CT molecular complexity index is 424. The van der Waals surface area contributed by atoms with Gasteiger partial charge in [-0.3, -0.25) is 4.79 Å². The highest BCUT2D eigenvalue weighted by molar-refractivity contribution is 5.73. The van der Waals surface area contributed by atoms with Crippen LogP contribution in [0.15, 0.2) is 6.20 Å². The van der Waals surface area contributed by atoms with Gasteiger partial charge in [0.2, 0.25) is 0 Å². The van der Waals surface area contributed by atoms with Gasteiger partial charge in [0, 0.05) is 12.7 Å². The first-order chi connectivity index (χ1) is 8.01. The Morgan fingerprint density at radius 3 is 2.71 bits per heavy atom. The molecule has 0 aliphatic carbocycles. The van der Waals surface area contributed by atoms with Crippen molar-refractivity contribution in [1.29, 1.82) is 0 Å². The average molecular weight is 245 g/mol. The molecule has 17 heavy (non-hydrogen) atoms. The molecule has 4 N–H and O–H groups in total. The molecular formula is C10H13F2N3O2. The van der Waals surface area contributed by atoms with Crippen molar-refractivity contribution in [2.24, 2.45) is 5.73 Å². The standard InChI is InChI=1S/C10H13F2N3O2/c1-17-7(16)2-5-4-15-10(14)8(9(11)12)6(5)3-13/h4,9H,2-3,13H2,1H3,(H2,14,15). The van der Waals surface area contributed by atoms with E-state index < -0.39 is 18.0 Å². The number of nitrogens with two attached hydrogens (primary N) is 2. The van der Waals surface area contributed by atoms with Gasteiger partial charge in [0.15, 0.2) is 0 Å². The van der Waals surface area contributed by atoms with Crippen LogP contribution < -0.4 is 11.5 Å². The third-order valence-corrected chi connectivity index (χ3v) is 2.33. The summed E-state index contributed by atoms with van der Waals surface area (Å²) in [5, 5.41) is 0.